The summed E-state index contributed by atoms with van der Waals surface area (Å²) in [5, 5.41) is 2.51. The summed E-state index contributed by atoms with van der Waals surface area (Å²) in [6, 6.07) is 4.82. The number of benzene rings is 1. The number of aromatic nitrogens is 2. The van der Waals surface area contributed by atoms with Crippen molar-refractivity contribution in [3.8, 4) is 0 Å². The molecule has 0 atom stereocenters. The summed E-state index contributed by atoms with van der Waals surface area (Å²) < 4.78 is 26.2. The Morgan fingerprint density at radius 1 is 1.00 bits per heavy atom. The van der Waals surface area contributed by atoms with Gasteiger partial charge in [-0.15, -0.1) is 0 Å². The fraction of sp³-hybridized carbons (Fsp3) is 0.353. The maximum atomic E-state index is 13.2. The number of carbonyl (C=O) groups is 1. The molecule has 1 aliphatic rings. The molecule has 1 aromatic heterocycles. The highest BCUT2D eigenvalue weighted by atomic mass is 19.2. The third-order valence-corrected chi connectivity index (χ3v) is 3.99. The molecule has 0 spiro atoms. The number of halogens is 2. The molecule has 0 bridgehead atoms. The van der Waals surface area contributed by atoms with Crippen molar-refractivity contribution in [1.29, 1.82) is 0 Å². The smallest absolute Gasteiger partial charge is 0.274 e. The molecule has 0 unspecified atom stereocenters. The van der Waals surface area contributed by atoms with Gasteiger partial charge in [0.05, 0.1) is 0 Å². The van der Waals surface area contributed by atoms with Gasteiger partial charge in [-0.25, -0.2) is 18.7 Å². The first-order valence-corrected chi connectivity index (χ1v) is 7.97. The Morgan fingerprint density at radius 2 is 1.75 bits per heavy atom. The van der Waals surface area contributed by atoms with Gasteiger partial charge in [0, 0.05) is 30.9 Å². The lowest BCUT2D eigenvalue weighted by atomic mass is 10.2. The van der Waals surface area contributed by atoms with Crippen LogP contribution in [0.4, 0.5) is 20.3 Å². The minimum absolute atomic E-state index is 0.175. The number of carbonyl (C=O) groups excluding carboxylic acids is 1. The zero-order valence-corrected chi connectivity index (χ0v) is 13.1. The van der Waals surface area contributed by atoms with Crippen molar-refractivity contribution < 1.29 is 13.6 Å². The van der Waals surface area contributed by atoms with Crippen LogP contribution in [0.2, 0.25) is 0 Å². The Kier molecular flexibility index (Phi) is 4.98. The summed E-state index contributed by atoms with van der Waals surface area (Å²) in [6.07, 6.45) is 5.94. The van der Waals surface area contributed by atoms with E-state index in [0.717, 1.165) is 38.1 Å². The van der Waals surface area contributed by atoms with Crippen molar-refractivity contribution >= 4 is 17.4 Å². The number of amides is 1. The van der Waals surface area contributed by atoms with Crippen LogP contribution in [0, 0.1) is 11.6 Å². The van der Waals surface area contributed by atoms with Crippen LogP contribution in [0.5, 0.6) is 0 Å². The van der Waals surface area contributed by atoms with Gasteiger partial charge in [0.2, 0.25) is 0 Å². The van der Waals surface area contributed by atoms with Crippen LogP contribution in [-0.4, -0.2) is 29.0 Å². The van der Waals surface area contributed by atoms with Gasteiger partial charge < -0.3 is 10.2 Å². The minimum atomic E-state index is -1.01. The van der Waals surface area contributed by atoms with Gasteiger partial charge >= 0.3 is 0 Å². The SMILES string of the molecule is O=C(Nc1ccc(F)c(F)c1)c1cc(N2CCCCCC2)ncn1. The van der Waals surface area contributed by atoms with Gasteiger partial charge in [0.1, 0.15) is 17.8 Å². The number of nitrogens with one attached hydrogen (secondary N) is 1. The maximum absolute atomic E-state index is 13.2. The van der Waals surface area contributed by atoms with Crippen molar-refractivity contribution in [3.05, 3.63) is 47.9 Å². The predicted octanol–water partition coefficient (Wildman–Crippen LogP) is 3.39. The van der Waals surface area contributed by atoms with Crippen LogP contribution in [0.1, 0.15) is 36.2 Å². The maximum Gasteiger partial charge on any atom is 0.274 e. The number of nitrogens with zero attached hydrogens (tertiary/aromatic N) is 3. The topological polar surface area (TPSA) is 58.1 Å². The molecule has 0 aliphatic carbocycles. The number of hydrogen-bond acceptors (Lipinski definition) is 4. The molecular formula is C17H18F2N4O. The van der Waals surface area contributed by atoms with Crippen molar-refractivity contribution in [3.63, 3.8) is 0 Å². The van der Waals surface area contributed by atoms with E-state index in [-0.39, 0.29) is 11.4 Å². The van der Waals surface area contributed by atoms with E-state index in [1.165, 1.54) is 25.2 Å². The quantitative estimate of drug-likeness (QED) is 0.936. The first-order chi connectivity index (χ1) is 11.6. The van der Waals surface area contributed by atoms with Gasteiger partial charge in [-0.2, -0.15) is 0 Å². The summed E-state index contributed by atoms with van der Waals surface area (Å²) in [7, 11) is 0. The normalized spacial score (nSPS) is 15.0. The summed E-state index contributed by atoms with van der Waals surface area (Å²) >= 11 is 0. The Hall–Kier alpha value is -2.57. The molecule has 0 saturated carbocycles. The van der Waals surface area contributed by atoms with E-state index in [2.05, 4.69) is 20.2 Å². The lowest BCUT2D eigenvalue weighted by Gasteiger charge is -2.21. The lowest BCUT2D eigenvalue weighted by Crippen LogP contribution is -2.25. The number of hydrogen-bond donors (Lipinski definition) is 1. The highest BCUT2D eigenvalue weighted by molar-refractivity contribution is 6.03. The molecule has 1 N–H and O–H groups in total. The van der Waals surface area contributed by atoms with Crippen molar-refractivity contribution in [2.75, 3.05) is 23.3 Å². The second-order valence-electron chi connectivity index (χ2n) is 5.75. The Morgan fingerprint density at radius 3 is 2.46 bits per heavy atom. The standard InChI is InChI=1S/C17H18F2N4O/c18-13-6-5-12(9-14(13)19)22-17(24)15-10-16(21-11-20-15)23-7-3-1-2-4-8-23/h5-6,9-11H,1-4,7-8H2,(H,22,24). The van der Waals surface area contributed by atoms with Crippen LogP contribution in [0.25, 0.3) is 0 Å². The fourth-order valence-corrected chi connectivity index (χ4v) is 2.71. The molecule has 2 aromatic rings. The molecule has 2 heterocycles. The molecule has 1 aliphatic heterocycles. The van der Waals surface area contributed by atoms with Gasteiger partial charge in [-0.3, -0.25) is 4.79 Å². The van der Waals surface area contributed by atoms with Crippen LogP contribution >= 0.6 is 0 Å². The van der Waals surface area contributed by atoms with Gasteiger partial charge in [0.15, 0.2) is 11.6 Å². The van der Waals surface area contributed by atoms with Crippen LogP contribution in [0.15, 0.2) is 30.6 Å². The van der Waals surface area contributed by atoms with Crippen molar-refractivity contribution in [2.45, 2.75) is 25.7 Å². The first kappa shape index (κ1) is 16.3. The molecule has 7 heteroatoms. The molecule has 126 valence electrons. The van der Waals surface area contributed by atoms with E-state index in [9.17, 15) is 13.6 Å². The summed E-state index contributed by atoms with van der Waals surface area (Å²) in [5.41, 5.74) is 0.364. The van der Waals surface area contributed by atoms with Crippen molar-refractivity contribution in [2.24, 2.45) is 0 Å². The second-order valence-corrected chi connectivity index (χ2v) is 5.75. The molecule has 1 fully saturated rings. The fourth-order valence-electron chi connectivity index (χ4n) is 2.71. The highest BCUT2D eigenvalue weighted by Gasteiger charge is 2.15. The molecule has 24 heavy (non-hydrogen) atoms. The van der Waals surface area contributed by atoms with E-state index in [0.29, 0.717) is 5.82 Å². The number of anilines is 2. The monoisotopic (exact) mass is 332 g/mol. The van der Waals surface area contributed by atoms with Gasteiger partial charge in [-0.05, 0) is 25.0 Å². The average molecular weight is 332 g/mol. The Labute approximate surface area is 138 Å². The number of rotatable bonds is 3. The minimum Gasteiger partial charge on any atom is -0.357 e. The largest absolute Gasteiger partial charge is 0.357 e. The van der Waals surface area contributed by atoms with Gasteiger partial charge in [-0.1, -0.05) is 12.8 Å². The third kappa shape index (κ3) is 3.84. The van der Waals surface area contributed by atoms with E-state index in [4.69, 9.17) is 0 Å². The van der Waals surface area contributed by atoms with E-state index >= 15 is 0 Å². The van der Waals surface area contributed by atoms with E-state index < -0.39 is 17.5 Å². The average Bonchev–Trinajstić information content (AvgIpc) is 2.88. The lowest BCUT2D eigenvalue weighted by molar-refractivity contribution is 0.102. The highest BCUT2D eigenvalue weighted by Crippen LogP contribution is 2.18. The molecule has 3 rings (SSSR count). The zero-order valence-electron chi connectivity index (χ0n) is 13.1. The first-order valence-electron chi connectivity index (χ1n) is 7.97. The summed E-state index contributed by atoms with van der Waals surface area (Å²) in [4.78, 5) is 22.6. The molecular weight excluding hydrogens is 314 g/mol. The summed E-state index contributed by atoms with van der Waals surface area (Å²) in [6.45, 7) is 1.81. The molecule has 1 saturated heterocycles. The van der Waals surface area contributed by atoms with E-state index in [1.54, 1.807) is 6.07 Å². The third-order valence-electron chi connectivity index (χ3n) is 3.99. The van der Waals surface area contributed by atoms with Crippen LogP contribution in [0.3, 0.4) is 0 Å². The van der Waals surface area contributed by atoms with Crippen LogP contribution < -0.4 is 10.2 Å². The Balaban J connectivity index is 1.74. The molecule has 1 amide bonds. The molecule has 5 nitrogen and oxygen atoms in total. The Bertz CT molecular complexity index is 730. The molecule has 0 radical (unpaired) electrons. The van der Waals surface area contributed by atoms with Crippen molar-refractivity contribution in [1.82, 2.24) is 9.97 Å². The molecule has 1 aromatic carbocycles. The predicted molar refractivity (Wildman–Crippen MR) is 87.0 cm³/mol. The summed E-state index contributed by atoms with van der Waals surface area (Å²) in [5.74, 6) is -1.75. The zero-order chi connectivity index (χ0) is 16.9. The van der Waals surface area contributed by atoms with Gasteiger partial charge in [0.25, 0.3) is 5.91 Å². The second kappa shape index (κ2) is 7.33. The van der Waals surface area contributed by atoms with E-state index in [1.807, 2.05) is 0 Å². The van der Waals surface area contributed by atoms with Crippen LogP contribution in [-0.2, 0) is 0 Å².